The second-order valence-electron chi connectivity index (χ2n) is 8.70. The maximum Gasteiger partial charge on any atom is 0.0972 e. The molecule has 0 saturated heterocycles. The predicted molar refractivity (Wildman–Crippen MR) is 121 cm³/mol. The molecule has 2 saturated carbocycles. The Kier molecular flexibility index (Phi) is 7.08. The molecule has 4 rings (SSSR count). The summed E-state index contributed by atoms with van der Waals surface area (Å²) in [7, 11) is 0. The third-order valence-corrected chi connectivity index (χ3v) is 6.62. The lowest BCUT2D eigenvalue weighted by Crippen LogP contribution is -2.38. The van der Waals surface area contributed by atoms with E-state index in [-0.39, 0.29) is 12.1 Å². The zero-order valence-corrected chi connectivity index (χ0v) is 17.8. The Bertz CT molecular complexity index is 740. The van der Waals surface area contributed by atoms with Crippen molar-refractivity contribution in [3.8, 4) is 0 Å². The fourth-order valence-electron chi connectivity index (χ4n) is 4.96. The highest BCUT2D eigenvalue weighted by molar-refractivity contribution is 5.88. The van der Waals surface area contributed by atoms with Crippen LogP contribution in [0.3, 0.4) is 0 Å². The maximum absolute atomic E-state index is 11.5. The molecule has 160 valence electrons. The normalized spacial score (nSPS) is 19.3. The summed E-state index contributed by atoms with van der Waals surface area (Å²) in [5.74, 6) is 0. The third-order valence-electron chi connectivity index (χ3n) is 6.62. The van der Waals surface area contributed by atoms with Gasteiger partial charge in [0.05, 0.1) is 23.5 Å². The zero-order chi connectivity index (χ0) is 20.8. The van der Waals surface area contributed by atoms with Gasteiger partial charge in [0.15, 0.2) is 0 Å². The van der Waals surface area contributed by atoms with Crippen LogP contribution in [0.1, 0.15) is 75.3 Å². The maximum atomic E-state index is 11.5. The fourth-order valence-corrected chi connectivity index (χ4v) is 4.96. The first-order valence-corrected chi connectivity index (χ1v) is 11.6. The van der Waals surface area contributed by atoms with E-state index in [1.54, 1.807) is 0 Å². The molecule has 0 spiro atoms. The van der Waals surface area contributed by atoms with Gasteiger partial charge in [-0.15, -0.1) is 0 Å². The van der Waals surface area contributed by atoms with Gasteiger partial charge in [-0.05, 0) is 25.7 Å². The molecule has 0 aromatic heterocycles. The first-order valence-electron chi connectivity index (χ1n) is 11.6. The molecule has 4 nitrogen and oxygen atoms in total. The van der Waals surface area contributed by atoms with Gasteiger partial charge in [-0.3, -0.25) is 20.5 Å². The van der Waals surface area contributed by atoms with Crippen molar-refractivity contribution in [1.29, 1.82) is 0 Å². The Balaban J connectivity index is 1.85. The van der Waals surface area contributed by atoms with Crippen LogP contribution in [0, 0.1) is 0 Å². The van der Waals surface area contributed by atoms with Crippen LogP contribution in [0.15, 0.2) is 60.7 Å². The Hall–Kier alpha value is -2.30. The molecule has 2 aromatic carbocycles. The van der Waals surface area contributed by atoms with Crippen LogP contribution in [0.2, 0.25) is 0 Å². The molecule has 30 heavy (non-hydrogen) atoms. The monoisotopic (exact) mass is 406 g/mol. The average molecular weight is 407 g/mol. The minimum atomic E-state index is 0.0763. The number of hydrogen-bond donors (Lipinski definition) is 2. The Labute approximate surface area is 180 Å². The molecular formula is C26H34N2O2. The molecule has 2 N–H and O–H groups in total. The fraction of sp³-hybridized carbons (Fsp3) is 0.462. The van der Waals surface area contributed by atoms with E-state index in [2.05, 4.69) is 0 Å². The van der Waals surface area contributed by atoms with E-state index < -0.39 is 0 Å². The number of hydrogen-bond acceptors (Lipinski definition) is 4. The van der Waals surface area contributed by atoms with E-state index in [4.69, 9.17) is 0 Å². The van der Waals surface area contributed by atoms with Crippen LogP contribution >= 0.6 is 0 Å². The largest absolute Gasteiger partial charge is 0.288 e. The molecule has 2 aliphatic rings. The molecule has 0 aliphatic heterocycles. The summed E-state index contributed by atoms with van der Waals surface area (Å²) in [6.07, 6.45) is 10.9. The minimum absolute atomic E-state index is 0.0763. The Morgan fingerprint density at radius 2 is 0.867 bits per heavy atom. The van der Waals surface area contributed by atoms with Crippen molar-refractivity contribution in [3.63, 3.8) is 0 Å². The molecule has 0 radical (unpaired) electrons. The van der Waals surface area contributed by atoms with Crippen LogP contribution < -0.4 is 0 Å². The topological polar surface area (TPSA) is 46.9 Å². The number of hydroxylamine groups is 4. The van der Waals surface area contributed by atoms with Gasteiger partial charge in [-0.25, -0.2) is 0 Å². The van der Waals surface area contributed by atoms with Crippen molar-refractivity contribution in [2.24, 2.45) is 0 Å². The van der Waals surface area contributed by atoms with Crippen LogP contribution in [0.5, 0.6) is 0 Å². The first kappa shape index (κ1) is 21.0. The van der Waals surface area contributed by atoms with E-state index in [0.717, 1.165) is 62.5 Å². The number of nitrogens with zero attached hydrogens (tertiary/aromatic N) is 2. The van der Waals surface area contributed by atoms with Crippen molar-refractivity contribution in [2.45, 2.75) is 76.3 Å². The Morgan fingerprint density at radius 3 is 1.20 bits per heavy atom. The van der Waals surface area contributed by atoms with Crippen LogP contribution in [0.25, 0.3) is 11.4 Å². The van der Waals surface area contributed by atoms with Crippen LogP contribution in [0.4, 0.5) is 0 Å². The van der Waals surface area contributed by atoms with Gasteiger partial charge >= 0.3 is 0 Å². The summed E-state index contributed by atoms with van der Waals surface area (Å²) < 4.78 is 0. The van der Waals surface area contributed by atoms with E-state index >= 15 is 0 Å². The predicted octanol–water partition coefficient (Wildman–Crippen LogP) is 6.56. The molecule has 0 bridgehead atoms. The van der Waals surface area contributed by atoms with Gasteiger partial charge in [0.25, 0.3) is 0 Å². The van der Waals surface area contributed by atoms with Crippen LogP contribution in [-0.4, -0.2) is 32.6 Å². The van der Waals surface area contributed by atoms with Crippen molar-refractivity contribution < 1.29 is 10.4 Å². The molecule has 4 heteroatoms. The first-order chi connectivity index (χ1) is 14.8. The van der Waals surface area contributed by atoms with Gasteiger partial charge in [-0.2, -0.15) is 0 Å². The summed E-state index contributed by atoms with van der Waals surface area (Å²) in [6, 6.07) is 20.2. The van der Waals surface area contributed by atoms with Gasteiger partial charge in [-0.1, -0.05) is 99.2 Å². The molecule has 2 fully saturated rings. The van der Waals surface area contributed by atoms with Crippen LogP contribution in [-0.2, 0) is 0 Å². The van der Waals surface area contributed by atoms with Crippen molar-refractivity contribution >= 4 is 11.4 Å². The molecule has 0 atom stereocenters. The standard InChI is InChI=1S/C26H34N2O2/c29-27(23-17-9-3-10-18-23)25(21-13-5-1-6-14-21)26(22-15-7-2-8-16-22)28(30)24-19-11-4-12-20-24/h1-2,5-8,13-16,23-24,29-30H,3-4,9-12,17-20H2/b26-25+. The van der Waals surface area contributed by atoms with E-state index in [1.807, 2.05) is 60.7 Å². The molecule has 2 aromatic rings. The van der Waals surface area contributed by atoms with E-state index in [1.165, 1.54) is 23.0 Å². The van der Waals surface area contributed by atoms with E-state index in [9.17, 15) is 10.4 Å². The van der Waals surface area contributed by atoms with E-state index in [0.29, 0.717) is 11.4 Å². The van der Waals surface area contributed by atoms with Gasteiger partial charge in [0.1, 0.15) is 0 Å². The van der Waals surface area contributed by atoms with Gasteiger partial charge < -0.3 is 0 Å². The summed E-state index contributed by atoms with van der Waals surface area (Å²) in [4.78, 5) is 0. The highest BCUT2D eigenvalue weighted by Gasteiger charge is 2.31. The lowest BCUT2D eigenvalue weighted by atomic mass is 9.92. The zero-order valence-electron chi connectivity index (χ0n) is 17.8. The quantitative estimate of drug-likeness (QED) is 0.421. The molecule has 2 aliphatic carbocycles. The van der Waals surface area contributed by atoms with Gasteiger partial charge in [0, 0.05) is 11.1 Å². The number of benzene rings is 2. The number of rotatable bonds is 6. The SMILES string of the molecule is ON(/C(=C(\c1ccccc1)N(O)C1CCCCC1)c1ccccc1)C1CCCCC1. The molecule has 0 unspecified atom stereocenters. The molecule has 0 amide bonds. The van der Waals surface area contributed by atoms with Crippen molar-refractivity contribution in [2.75, 3.05) is 0 Å². The summed E-state index contributed by atoms with van der Waals surface area (Å²) in [5, 5.41) is 25.9. The highest BCUT2D eigenvalue weighted by atomic mass is 16.5. The lowest BCUT2D eigenvalue weighted by Gasteiger charge is -2.38. The second kappa shape index (κ2) is 10.1. The summed E-state index contributed by atoms with van der Waals surface area (Å²) in [5.41, 5.74) is 3.28. The second-order valence-corrected chi connectivity index (χ2v) is 8.70. The molecular weight excluding hydrogens is 372 g/mol. The Morgan fingerprint density at radius 1 is 0.533 bits per heavy atom. The summed E-state index contributed by atoms with van der Waals surface area (Å²) >= 11 is 0. The average Bonchev–Trinajstić information content (AvgIpc) is 2.84. The lowest BCUT2D eigenvalue weighted by molar-refractivity contribution is -0.0909. The van der Waals surface area contributed by atoms with Gasteiger partial charge in [0.2, 0.25) is 0 Å². The third kappa shape index (κ3) is 4.71. The highest BCUT2D eigenvalue weighted by Crippen LogP contribution is 2.37. The van der Waals surface area contributed by atoms with Crippen molar-refractivity contribution in [1.82, 2.24) is 10.1 Å². The minimum Gasteiger partial charge on any atom is -0.288 e. The smallest absolute Gasteiger partial charge is 0.0972 e. The molecule has 0 heterocycles. The van der Waals surface area contributed by atoms with Crippen molar-refractivity contribution in [3.05, 3.63) is 71.8 Å². The summed E-state index contributed by atoms with van der Waals surface area (Å²) in [6.45, 7) is 0.